The van der Waals surface area contributed by atoms with E-state index in [0.717, 1.165) is 17.4 Å². The van der Waals surface area contributed by atoms with Crippen LogP contribution in [-0.4, -0.2) is 45.2 Å². The summed E-state index contributed by atoms with van der Waals surface area (Å²) in [4.78, 5) is 14.3. The van der Waals surface area contributed by atoms with Crippen LogP contribution in [0, 0.1) is 0 Å². The van der Waals surface area contributed by atoms with E-state index >= 15 is 0 Å². The zero-order valence-electron chi connectivity index (χ0n) is 15.0. The molecule has 1 fully saturated rings. The van der Waals surface area contributed by atoms with Gasteiger partial charge in [-0.1, -0.05) is 42.5 Å². The van der Waals surface area contributed by atoms with Gasteiger partial charge >= 0.3 is 0 Å². The van der Waals surface area contributed by atoms with Crippen molar-refractivity contribution in [3.63, 3.8) is 0 Å². The lowest BCUT2D eigenvalue weighted by Crippen LogP contribution is -2.41. The second-order valence-electron chi connectivity index (χ2n) is 6.38. The molecular weight excluding hydrogens is 364 g/mol. The summed E-state index contributed by atoms with van der Waals surface area (Å²) in [5.41, 5.74) is 2.36. The van der Waals surface area contributed by atoms with Gasteiger partial charge < -0.3 is 9.64 Å². The number of hydrogen-bond acceptors (Lipinski definition) is 4. The van der Waals surface area contributed by atoms with Gasteiger partial charge in [0, 0.05) is 18.3 Å². The van der Waals surface area contributed by atoms with Crippen LogP contribution in [0.5, 0.6) is 0 Å². The van der Waals surface area contributed by atoms with E-state index < -0.39 is 10.0 Å². The molecule has 0 spiro atoms. The highest BCUT2D eigenvalue weighted by Gasteiger charge is 2.23. The van der Waals surface area contributed by atoms with Crippen molar-refractivity contribution >= 4 is 27.7 Å². The number of amides is 1. The highest BCUT2D eigenvalue weighted by atomic mass is 32.2. The lowest BCUT2D eigenvalue weighted by Gasteiger charge is -2.32. The van der Waals surface area contributed by atoms with Crippen molar-refractivity contribution in [2.75, 3.05) is 30.7 Å². The number of rotatable bonds is 5. The highest BCUT2D eigenvalue weighted by Crippen LogP contribution is 2.22. The van der Waals surface area contributed by atoms with Crippen molar-refractivity contribution in [1.82, 2.24) is 4.90 Å². The Labute approximate surface area is 159 Å². The molecule has 0 bridgehead atoms. The molecule has 1 aliphatic heterocycles. The number of nitrogens with one attached hydrogen (secondary N) is 1. The molecule has 0 radical (unpaired) electrons. The molecule has 6 nitrogen and oxygen atoms in total. The molecule has 0 aromatic heterocycles. The average Bonchev–Trinajstić information content (AvgIpc) is 2.67. The zero-order chi connectivity index (χ0) is 19.3. The van der Waals surface area contributed by atoms with Crippen molar-refractivity contribution < 1.29 is 17.9 Å². The maximum atomic E-state index is 12.5. The van der Waals surface area contributed by atoms with Crippen LogP contribution in [0.2, 0.25) is 0 Å². The molecule has 1 saturated heterocycles. The molecule has 3 rings (SSSR count). The molecule has 2 aromatic rings. The van der Waals surface area contributed by atoms with E-state index in [1.54, 1.807) is 35.2 Å². The van der Waals surface area contributed by atoms with Crippen molar-refractivity contribution in [3.8, 4) is 0 Å². The Bertz CT molecular complexity index is 909. The Morgan fingerprint density at radius 1 is 1.15 bits per heavy atom. The van der Waals surface area contributed by atoms with Crippen LogP contribution in [-0.2, 0) is 19.6 Å². The quantitative estimate of drug-likeness (QED) is 0.802. The summed E-state index contributed by atoms with van der Waals surface area (Å²) >= 11 is 0. The first-order valence-electron chi connectivity index (χ1n) is 8.62. The largest absolute Gasteiger partial charge is 0.370 e. The number of sulfonamides is 1. The Morgan fingerprint density at radius 3 is 2.52 bits per heavy atom. The molecule has 0 saturated carbocycles. The summed E-state index contributed by atoms with van der Waals surface area (Å²) in [5.74, 6) is -0.0717. The molecular formula is C20H22N2O4S. The minimum atomic E-state index is -3.30. The van der Waals surface area contributed by atoms with Crippen LogP contribution in [0.25, 0.3) is 6.08 Å². The van der Waals surface area contributed by atoms with Gasteiger partial charge in [0.05, 0.1) is 19.4 Å². The number of carbonyl (C=O) groups excluding carboxylic acids is 1. The molecule has 142 valence electrons. The van der Waals surface area contributed by atoms with Crippen molar-refractivity contribution in [1.29, 1.82) is 0 Å². The second kappa shape index (κ2) is 8.37. The maximum Gasteiger partial charge on any atom is 0.246 e. The summed E-state index contributed by atoms with van der Waals surface area (Å²) in [6.45, 7) is 1.58. The Balaban J connectivity index is 1.61. The van der Waals surface area contributed by atoms with E-state index in [-0.39, 0.29) is 12.0 Å². The summed E-state index contributed by atoms with van der Waals surface area (Å²) in [7, 11) is -3.30. The van der Waals surface area contributed by atoms with Crippen LogP contribution in [0.15, 0.2) is 60.7 Å². The summed E-state index contributed by atoms with van der Waals surface area (Å²) < 4.78 is 30.6. The standard InChI is InChI=1S/C20H22N2O4S/c1-27(24,25)21-18-10-7-16(8-11-18)9-12-20(23)22-13-14-26-19(15-22)17-5-3-2-4-6-17/h2-12,19,21H,13-15H2,1H3/b12-9+. The fourth-order valence-electron chi connectivity index (χ4n) is 2.87. The Hall–Kier alpha value is -2.64. The first-order chi connectivity index (χ1) is 12.9. The maximum absolute atomic E-state index is 12.5. The van der Waals surface area contributed by atoms with Gasteiger partial charge in [-0.2, -0.15) is 0 Å². The molecule has 1 unspecified atom stereocenters. The van der Waals surface area contributed by atoms with Gasteiger partial charge in [0.1, 0.15) is 6.10 Å². The minimum Gasteiger partial charge on any atom is -0.370 e. The van der Waals surface area contributed by atoms with Crippen LogP contribution in [0.4, 0.5) is 5.69 Å². The van der Waals surface area contributed by atoms with Gasteiger partial charge in [0.25, 0.3) is 0 Å². The number of carbonyl (C=O) groups is 1. The molecule has 27 heavy (non-hydrogen) atoms. The molecule has 1 heterocycles. The number of morpholine rings is 1. The van der Waals surface area contributed by atoms with Crippen LogP contribution in [0.1, 0.15) is 17.2 Å². The van der Waals surface area contributed by atoms with Crippen molar-refractivity contribution in [2.45, 2.75) is 6.10 Å². The van der Waals surface area contributed by atoms with Gasteiger partial charge in [-0.25, -0.2) is 8.42 Å². The lowest BCUT2D eigenvalue weighted by molar-refractivity contribution is -0.133. The first kappa shape index (κ1) is 19.1. The van der Waals surface area contributed by atoms with Gasteiger partial charge in [-0.05, 0) is 29.3 Å². The molecule has 0 aliphatic carbocycles. The smallest absolute Gasteiger partial charge is 0.246 e. The minimum absolute atomic E-state index is 0.0717. The average molecular weight is 386 g/mol. The van der Waals surface area contributed by atoms with E-state index in [1.807, 2.05) is 30.3 Å². The molecule has 1 amide bonds. The van der Waals surface area contributed by atoms with Crippen LogP contribution in [0.3, 0.4) is 0 Å². The van der Waals surface area contributed by atoms with Gasteiger partial charge in [0.2, 0.25) is 15.9 Å². The van der Waals surface area contributed by atoms with Gasteiger partial charge in [-0.3, -0.25) is 9.52 Å². The number of anilines is 1. The first-order valence-corrected chi connectivity index (χ1v) is 10.5. The summed E-state index contributed by atoms with van der Waals surface area (Å²) in [6.07, 6.45) is 4.25. The van der Waals surface area contributed by atoms with E-state index in [2.05, 4.69) is 4.72 Å². The van der Waals surface area contributed by atoms with E-state index in [1.165, 1.54) is 6.08 Å². The molecule has 1 N–H and O–H groups in total. The Morgan fingerprint density at radius 2 is 1.85 bits per heavy atom. The molecule has 1 aliphatic rings. The molecule has 7 heteroatoms. The third-order valence-electron chi connectivity index (χ3n) is 4.18. The monoisotopic (exact) mass is 386 g/mol. The molecule has 1 atom stereocenters. The van der Waals surface area contributed by atoms with E-state index in [9.17, 15) is 13.2 Å². The lowest BCUT2D eigenvalue weighted by atomic mass is 10.1. The SMILES string of the molecule is CS(=O)(=O)Nc1ccc(/C=C/C(=O)N2CCOC(c3ccccc3)C2)cc1. The summed E-state index contributed by atoms with van der Waals surface area (Å²) in [5, 5.41) is 0. The van der Waals surface area contributed by atoms with E-state index in [0.29, 0.717) is 25.4 Å². The van der Waals surface area contributed by atoms with Gasteiger partial charge in [0.15, 0.2) is 0 Å². The van der Waals surface area contributed by atoms with Crippen molar-refractivity contribution in [3.05, 3.63) is 71.8 Å². The van der Waals surface area contributed by atoms with Crippen LogP contribution >= 0.6 is 0 Å². The van der Waals surface area contributed by atoms with Crippen LogP contribution < -0.4 is 4.72 Å². The number of nitrogens with zero attached hydrogens (tertiary/aromatic N) is 1. The summed E-state index contributed by atoms with van der Waals surface area (Å²) in [6, 6.07) is 16.7. The normalized spacial score (nSPS) is 17.8. The van der Waals surface area contributed by atoms with E-state index in [4.69, 9.17) is 4.74 Å². The number of hydrogen-bond donors (Lipinski definition) is 1. The number of benzene rings is 2. The second-order valence-corrected chi connectivity index (χ2v) is 8.13. The predicted molar refractivity (Wildman–Crippen MR) is 106 cm³/mol. The number of ether oxygens (including phenoxy) is 1. The third-order valence-corrected chi connectivity index (χ3v) is 4.79. The third kappa shape index (κ3) is 5.67. The topological polar surface area (TPSA) is 75.7 Å². The zero-order valence-corrected chi connectivity index (χ0v) is 15.9. The van der Waals surface area contributed by atoms with Gasteiger partial charge in [-0.15, -0.1) is 0 Å². The highest BCUT2D eigenvalue weighted by molar-refractivity contribution is 7.92. The predicted octanol–water partition coefficient (Wildman–Crippen LogP) is 2.67. The fourth-order valence-corrected chi connectivity index (χ4v) is 3.43. The fraction of sp³-hybridized carbons (Fsp3) is 0.250. The Kier molecular flexibility index (Phi) is 5.93. The van der Waals surface area contributed by atoms with Crippen molar-refractivity contribution in [2.24, 2.45) is 0 Å². The molecule has 2 aromatic carbocycles.